The molecular formula is C4H9N2O3-. The van der Waals surface area contributed by atoms with E-state index in [1.807, 2.05) is 0 Å². The molecule has 1 aliphatic rings. The van der Waals surface area contributed by atoms with E-state index in [1.54, 1.807) is 0 Å². The fourth-order valence-corrected chi connectivity index (χ4v) is 0.762. The van der Waals surface area contributed by atoms with Crippen LogP contribution in [0.25, 0.3) is 0 Å². The third-order valence-electron chi connectivity index (χ3n) is 1.21. The van der Waals surface area contributed by atoms with E-state index in [0.29, 0.717) is 13.1 Å². The van der Waals surface area contributed by atoms with Crippen LogP contribution in [0.15, 0.2) is 0 Å². The molecular weight excluding hydrogens is 124 g/mol. The average molecular weight is 133 g/mol. The highest BCUT2D eigenvalue weighted by Crippen LogP contribution is 1.90. The number of hydrogen-bond donors (Lipinski definition) is 1. The fraction of sp³-hybridized carbons (Fsp3) is 1.00. The van der Waals surface area contributed by atoms with Crippen molar-refractivity contribution in [3.8, 4) is 0 Å². The molecule has 1 fully saturated rings. The molecule has 0 saturated carbocycles. The number of nitrogens with one attached hydrogen (secondary N) is 1. The minimum Gasteiger partial charge on any atom is -0.690 e. The molecule has 0 aromatic rings. The Morgan fingerprint density at radius 2 is 2.00 bits per heavy atom. The zero-order valence-corrected chi connectivity index (χ0v) is 5.00. The van der Waals surface area contributed by atoms with Crippen molar-refractivity contribution in [3.63, 3.8) is 0 Å². The summed E-state index contributed by atoms with van der Waals surface area (Å²) in [5.74, 6) is 0. The molecule has 5 nitrogen and oxygen atoms in total. The summed E-state index contributed by atoms with van der Waals surface area (Å²) < 4.78 is 0. The van der Waals surface area contributed by atoms with E-state index in [1.165, 1.54) is 5.06 Å². The van der Waals surface area contributed by atoms with Crippen molar-refractivity contribution in [2.24, 2.45) is 0 Å². The van der Waals surface area contributed by atoms with Crippen molar-refractivity contribution in [2.75, 3.05) is 26.2 Å². The van der Waals surface area contributed by atoms with Crippen LogP contribution in [0.4, 0.5) is 0 Å². The highest BCUT2D eigenvalue weighted by Gasteiger charge is 2.08. The SMILES string of the molecule is [O-]OON1CCNCC1. The molecule has 1 N–H and O–H groups in total. The van der Waals surface area contributed by atoms with Crippen LogP contribution in [-0.4, -0.2) is 31.2 Å². The number of piperazine rings is 1. The van der Waals surface area contributed by atoms with Gasteiger partial charge in [0.1, 0.15) is 0 Å². The van der Waals surface area contributed by atoms with Crippen LogP contribution in [0.5, 0.6) is 0 Å². The molecule has 0 aromatic carbocycles. The van der Waals surface area contributed by atoms with Crippen molar-refractivity contribution in [1.29, 1.82) is 0 Å². The number of rotatable bonds is 2. The molecule has 1 rings (SSSR count). The smallest absolute Gasteiger partial charge is 0.0396 e. The van der Waals surface area contributed by atoms with Gasteiger partial charge in [0.2, 0.25) is 0 Å². The Kier molecular flexibility index (Phi) is 2.88. The van der Waals surface area contributed by atoms with Crippen molar-refractivity contribution in [2.45, 2.75) is 0 Å². The van der Waals surface area contributed by atoms with E-state index in [-0.39, 0.29) is 0 Å². The third-order valence-corrected chi connectivity index (χ3v) is 1.21. The molecule has 9 heavy (non-hydrogen) atoms. The summed E-state index contributed by atoms with van der Waals surface area (Å²) in [5.41, 5.74) is 0. The predicted molar refractivity (Wildman–Crippen MR) is 26.6 cm³/mol. The molecule has 0 radical (unpaired) electrons. The summed E-state index contributed by atoms with van der Waals surface area (Å²) in [6.45, 7) is 3.07. The first-order valence-electron chi connectivity index (χ1n) is 2.86. The van der Waals surface area contributed by atoms with Crippen LogP contribution in [0.3, 0.4) is 0 Å². The van der Waals surface area contributed by atoms with E-state index in [0.717, 1.165) is 13.1 Å². The van der Waals surface area contributed by atoms with Gasteiger partial charge in [-0.3, -0.25) is 5.04 Å². The normalized spacial score (nSPS) is 22.3. The summed E-state index contributed by atoms with van der Waals surface area (Å²) in [6, 6.07) is 0. The summed E-state index contributed by atoms with van der Waals surface area (Å²) in [6.07, 6.45) is 0. The maximum absolute atomic E-state index is 9.41. The minimum absolute atomic E-state index is 0.697. The molecule has 0 aromatic heterocycles. The highest BCUT2D eigenvalue weighted by molar-refractivity contribution is 4.58. The largest absolute Gasteiger partial charge is 0.690 e. The van der Waals surface area contributed by atoms with Gasteiger partial charge >= 0.3 is 0 Å². The molecule has 0 bridgehead atoms. The van der Waals surface area contributed by atoms with Crippen LogP contribution in [-0.2, 0) is 10.0 Å². The van der Waals surface area contributed by atoms with Gasteiger partial charge in [0, 0.05) is 26.2 Å². The molecule has 0 aliphatic carbocycles. The Labute approximate surface area is 53.0 Å². The minimum atomic E-state index is 0.697. The molecule has 0 unspecified atom stereocenters. The number of nitrogens with zero attached hydrogens (tertiary/aromatic N) is 1. The molecule has 0 atom stereocenters. The predicted octanol–water partition coefficient (Wildman–Crippen LogP) is -1.97. The summed E-state index contributed by atoms with van der Waals surface area (Å²) in [7, 11) is 0. The van der Waals surface area contributed by atoms with Gasteiger partial charge in [0.05, 0.1) is 0 Å². The van der Waals surface area contributed by atoms with Gasteiger partial charge in [-0.25, -0.2) is 0 Å². The van der Waals surface area contributed by atoms with Crippen molar-refractivity contribution in [1.82, 2.24) is 10.4 Å². The van der Waals surface area contributed by atoms with Crippen LogP contribution >= 0.6 is 0 Å². The Balaban J connectivity index is 2.08. The van der Waals surface area contributed by atoms with Gasteiger partial charge in [-0.2, -0.15) is 5.06 Å². The van der Waals surface area contributed by atoms with Crippen LogP contribution < -0.4 is 10.6 Å². The first-order valence-corrected chi connectivity index (χ1v) is 2.86. The van der Waals surface area contributed by atoms with Crippen LogP contribution in [0.1, 0.15) is 0 Å². The van der Waals surface area contributed by atoms with Gasteiger partial charge in [-0.1, -0.05) is 0 Å². The number of hydrogen-bond acceptors (Lipinski definition) is 5. The zero-order valence-electron chi connectivity index (χ0n) is 5.00. The number of hydroxylamine groups is 2. The van der Waals surface area contributed by atoms with Crippen LogP contribution in [0.2, 0.25) is 0 Å². The van der Waals surface area contributed by atoms with E-state index in [2.05, 4.69) is 15.3 Å². The molecule has 1 saturated heterocycles. The quantitative estimate of drug-likeness (QED) is 0.350. The van der Waals surface area contributed by atoms with Gasteiger partial charge in [-0.15, -0.1) is 4.99 Å². The molecule has 0 amide bonds. The van der Waals surface area contributed by atoms with Crippen molar-refractivity contribution in [3.05, 3.63) is 0 Å². The lowest BCUT2D eigenvalue weighted by Crippen LogP contribution is -2.43. The summed E-state index contributed by atoms with van der Waals surface area (Å²) >= 11 is 0. The van der Waals surface area contributed by atoms with Gasteiger partial charge in [0.25, 0.3) is 0 Å². The molecule has 0 spiro atoms. The molecule has 54 valence electrons. The van der Waals surface area contributed by atoms with Crippen molar-refractivity contribution >= 4 is 0 Å². The molecule has 1 aliphatic heterocycles. The van der Waals surface area contributed by atoms with Crippen molar-refractivity contribution < 1.29 is 15.3 Å². The van der Waals surface area contributed by atoms with E-state index >= 15 is 0 Å². The lowest BCUT2D eigenvalue weighted by Gasteiger charge is -2.25. The Hall–Kier alpha value is -0.200. The first kappa shape index (κ1) is 6.91. The van der Waals surface area contributed by atoms with Gasteiger partial charge in [-0.05, 0) is 0 Å². The second kappa shape index (κ2) is 3.76. The summed E-state index contributed by atoms with van der Waals surface area (Å²) in [4.78, 5) is 4.22. The van der Waals surface area contributed by atoms with Crippen LogP contribution in [0, 0.1) is 0 Å². The fourth-order valence-electron chi connectivity index (χ4n) is 0.762. The zero-order chi connectivity index (χ0) is 6.53. The Morgan fingerprint density at radius 1 is 1.33 bits per heavy atom. The lowest BCUT2D eigenvalue weighted by molar-refractivity contribution is -0.826. The molecule has 5 heteroatoms. The second-order valence-electron chi connectivity index (χ2n) is 1.82. The maximum Gasteiger partial charge on any atom is 0.0396 e. The highest BCUT2D eigenvalue weighted by atomic mass is 17.5. The molecule has 1 heterocycles. The van der Waals surface area contributed by atoms with Gasteiger partial charge in [0.15, 0.2) is 0 Å². The van der Waals surface area contributed by atoms with E-state index in [4.69, 9.17) is 0 Å². The Bertz CT molecular complexity index is 71.5. The summed E-state index contributed by atoms with van der Waals surface area (Å²) in [5, 5.41) is 17.2. The second-order valence-corrected chi connectivity index (χ2v) is 1.82. The topological polar surface area (TPSA) is 56.8 Å². The average Bonchev–Trinajstić information content (AvgIpc) is 1.91. The first-order chi connectivity index (χ1) is 4.43. The standard InChI is InChI=1S/C4H10N2O3/c7-9-8-6-3-1-5-2-4-6/h5,7H,1-4H2/p-1. The lowest BCUT2D eigenvalue weighted by atomic mass is 10.4. The third kappa shape index (κ3) is 2.25. The maximum atomic E-state index is 9.41. The van der Waals surface area contributed by atoms with E-state index < -0.39 is 0 Å². The monoisotopic (exact) mass is 133 g/mol. The Morgan fingerprint density at radius 3 is 2.56 bits per heavy atom. The van der Waals surface area contributed by atoms with Gasteiger partial charge < -0.3 is 10.6 Å². The van der Waals surface area contributed by atoms with E-state index in [9.17, 15) is 5.26 Å².